The molecule has 0 aliphatic carbocycles. The number of anilines is 1. The lowest BCUT2D eigenvalue weighted by atomic mass is 10.1. The van der Waals surface area contributed by atoms with Crippen molar-refractivity contribution in [3.63, 3.8) is 0 Å². The molecule has 8 nitrogen and oxygen atoms in total. The molecule has 5 rings (SSSR count). The molecule has 0 saturated heterocycles. The highest BCUT2D eigenvalue weighted by atomic mass is 35.5. The van der Waals surface area contributed by atoms with Crippen LogP contribution in [0.2, 0.25) is 5.02 Å². The third-order valence-electron chi connectivity index (χ3n) is 5.67. The molecule has 1 amide bonds. The van der Waals surface area contributed by atoms with E-state index in [0.29, 0.717) is 45.4 Å². The summed E-state index contributed by atoms with van der Waals surface area (Å²) in [6.45, 7) is 0.344. The van der Waals surface area contributed by atoms with E-state index in [1.165, 1.54) is 7.11 Å². The summed E-state index contributed by atoms with van der Waals surface area (Å²) in [4.78, 5) is 14.5. The first-order valence-corrected chi connectivity index (χ1v) is 11.8. The largest absolute Gasteiger partial charge is 0.497 e. The normalized spacial score (nSPS) is 10.8. The number of nitrogens with zero attached hydrogens (tertiary/aromatic N) is 3. The van der Waals surface area contributed by atoms with Crippen LogP contribution in [0.15, 0.2) is 84.9 Å². The van der Waals surface area contributed by atoms with Crippen LogP contribution in [0, 0.1) is 0 Å². The highest BCUT2D eigenvalue weighted by Gasteiger charge is 2.13. The van der Waals surface area contributed by atoms with Gasteiger partial charge in [-0.25, -0.2) is 0 Å². The highest BCUT2D eigenvalue weighted by Crippen LogP contribution is 2.29. The molecule has 4 aromatic carbocycles. The molecule has 0 fully saturated rings. The molecule has 0 aliphatic heterocycles. The minimum atomic E-state index is -0.288. The van der Waals surface area contributed by atoms with E-state index in [0.717, 1.165) is 17.0 Å². The van der Waals surface area contributed by atoms with Crippen molar-refractivity contribution in [3.05, 3.63) is 101 Å². The molecule has 0 atom stereocenters. The number of hydrogen-bond acceptors (Lipinski definition) is 6. The van der Waals surface area contributed by atoms with Crippen LogP contribution >= 0.6 is 11.6 Å². The van der Waals surface area contributed by atoms with E-state index in [-0.39, 0.29) is 5.91 Å². The van der Waals surface area contributed by atoms with E-state index < -0.39 is 0 Å². The van der Waals surface area contributed by atoms with Crippen LogP contribution < -0.4 is 19.5 Å². The van der Waals surface area contributed by atoms with Gasteiger partial charge >= 0.3 is 0 Å². The Labute approximate surface area is 218 Å². The molecule has 0 bridgehead atoms. The zero-order chi connectivity index (χ0) is 25.8. The van der Waals surface area contributed by atoms with E-state index in [1.54, 1.807) is 42.2 Å². The molecule has 1 aromatic heterocycles. The number of nitrogens with one attached hydrogen (secondary N) is 1. The second-order valence-electron chi connectivity index (χ2n) is 8.13. The fourth-order valence-electron chi connectivity index (χ4n) is 3.70. The fourth-order valence-corrected chi connectivity index (χ4v) is 3.82. The summed E-state index contributed by atoms with van der Waals surface area (Å²) in [5, 5.41) is 12.6. The predicted octanol–water partition coefficient (Wildman–Crippen LogP) is 5.92. The van der Waals surface area contributed by atoms with Gasteiger partial charge in [-0.2, -0.15) is 4.80 Å². The van der Waals surface area contributed by atoms with Crippen LogP contribution in [-0.2, 0) is 6.61 Å². The monoisotopic (exact) mass is 514 g/mol. The maximum absolute atomic E-state index is 13.0. The number of benzene rings is 4. The first-order chi connectivity index (χ1) is 18.0. The van der Waals surface area contributed by atoms with Crippen molar-refractivity contribution in [3.8, 4) is 22.9 Å². The van der Waals surface area contributed by atoms with Crippen molar-refractivity contribution in [1.29, 1.82) is 0 Å². The number of rotatable bonds is 8. The van der Waals surface area contributed by atoms with E-state index >= 15 is 0 Å². The summed E-state index contributed by atoms with van der Waals surface area (Å²) in [5.41, 5.74) is 4.15. The standard InChI is InChI=1S/C28H23ClN4O4/c1-35-23-11-9-22(10-12-23)33-31-24-13-8-21(16-25(24)32-33)30-28(34)19-5-14-26(27(15-19)36-2)37-17-18-3-6-20(29)7-4-18/h3-16H,17H2,1-2H3,(H,30,34). The number of hydrogen-bond donors (Lipinski definition) is 1. The smallest absolute Gasteiger partial charge is 0.255 e. The molecule has 0 spiro atoms. The highest BCUT2D eigenvalue weighted by molar-refractivity contribution is 6.30. The van der Waals surface area contributed by atoms with Crippen molar-refractivity contribution in [2.24, 2.45) is 0 Å². The number of ether oxygens (including phenoxy) is 3. The summed E-state index contributed by atoms with van der Waals surface area (Å²) in [6, 6.07) is 25.3. The van der Waals surface area contributed by atoms with Crippen LogP contribution in [0.25, 0.3) is 16.7 Å². The molecule has 0 aliphatic rings. The van der Waals surface area contributed by atoms with Gasteiger partial charge in [0, 0.05) is 16.3 Å². The number of carbonyl (C=O) groups is 1. The van der Waals surface area contributed by atoms with Crippen molar-refractivity contribution in [1.82, 2.24) is 15.0 Å². The first kappa shape index (κ1) is 24.1. The lowest BCUT2D eigenvalue weighted by Crippen LogP contribution is -2.12. The van der Waals surface area contributed by atoms with Crippen molar-refractivity contribution in [2.75, 3.05) is 19.5 Å². The zero-order valence-corrected chi connectivity index (χ0v) is 20.9. The number of carbonyl (C=O) groups excluding carboxylic acids is 1. The number of amides is 1. The molecule has 1 N–H and O–H groups in total. The first-order valence-electron chi connectivity index (χ1n) is 11.4. The Hall–Kier alpha value is -4.56. The Morgan fingerprint density at radius 3 is 2.32 bits per heavy atom. The lowest BCUT2D eigenvalue weighted by Gasteiger charge is -2.12. The summed E-state index contributed by atoms with van der Waals surface area (Å²) in [5.74, 6) is 1.46. The molecule has 9 heteroatoms. The van der Waals surface area contributed by atoms with Crippen molar-refractivity contribution in [2.45, 2.75) is 6.61 Å². The number of aromatic nitrogens is 3. The quantitative estimate of drug-likeness (QED) is 0.276. The Kier molecular flexibility index (Phi) is 6.91. The molecule has 0 radical (unpaired) electrons. The van der Waals surface area contributed by atoms with E-state index in [9.17, 15) is 4.79 Å². The second kappa shape index (κ2) is 10.6. The minimum Gasteiger partial charge on any atom is -0.497 e. The number of fused-ring (bicyclic) bond motifs is 1. The van der Waals surface area contributed by atoms with Gasteiger partial charge in [-0.15, -0.1) is 10.2 Å². The third kappa shape index (κ3) is 5.49. The SMILES string of the molecule is COc1ccc(-n2nc3ccc(NC(=O)c4ccc(OCc5ccc(Cl)cc5)c(OC)c4)cc3n2)cc1. The predicted molar refractivity (Wildman–Crippen MR) is 142 cm³/mol. The molecule has 186 valence electrons. The Morgan fingerprint density at radius 1 is 0.838 bits per heavy atom. The minimum absolute atomic E-state index is 0.288. The van der Waals surface area contributed by atoms with Crippen LogP contribution in [0.3, 0.4) is 0 Å². The fraction of sp³-hybridized carbons (Fsp3) is 0.107. The molecule has 1 heterocycles. The Balaban J connectivity index is 1.29. The van der Waals surface area contributed by atoms with Crippen LogP contribution in [0.1, 0.15) is 15.9 Å². The number of methoxy groups -OCH3 is 2. The second-order valence-corrected chi connectivity index (χ2v) is 8.56. The van der Waals surface area contributed by atoms with Gasteiger partial charge < -0.3 is 19.5 Å². The summed E-state index contributed by atoms with van der Waals surface area (Å²) in [7, 11) is 3.15. The zero-order valence-electron chi connectivity index (χ0n) is 20.1. The van der Waals surface area contributed by atoms with E-state index in [1.807, 2.05) is 54.6 Å². The molecular formula is C28H23ClN4O4. The summed E-state index contributed by atoms with van der Waals surface area (Å²) in [6.07, 6.45) is 0. The summed E-state index contributed by atoms with van der Waals surface area (Å²) < 4.78 is 16.5. The van der Waals surface area contributed by atoms with Gasteiger partial charge in [0.1, 0.15) is 23.4 Å². The maximum Gasteiger partial charge on any atom is 0.255 e. The molecule has 0 unspecified atom stereocenters. The van der Waals surface area contributed by atoms with Crippen LogP contribution in [0.5, 0.6) is 17.2 Å². The van der Waals surface area contributed by atoms with Crippen molar-refractivity contribution >= 4 is 34.2 Å². The van der Waals surface area contributed by atoms with Gasteiger partial charge in [-0.1, -0.05) is 23.7 Å². The topological polar surface area (TPSA) is 87.5 Å². The Morgan fingerprint density at radius 2 is 1.59 bits per heavy atom. The molecule has 37 heavy (non-hydrogen) atoms. The molecular weight excluding hydrogens is 492 g/mol. The van der Waals surface area contributed by atoms with Crippen molar-refractivity contribution < 1.29 is 19.0 Å². The molecule has 0 saturated carbocycles. The van der Waals surface area contributed by atoms with Gasteiger partial charge in [-0.3, -0.25) is 4.79 Å². The average molecular weight is 515 g/mol. The van der Waals surface area contributed by atoms with E-state index in [4.69, 9.17) is 25.8 Å². The van der Waals surface area contributed by atoms with Crippen LogP contribution in [0.4, 0.5) is 5.69 Å². The maximum atomic E-state index is 13.0. The average Bonchev–Trinajstić information content (AvgIpc) is 3.36. The lowest BCUT2D eigenvalue weighted by molar-refractivity contribution is 0.102. The van der Waals surface area contributed by atoms with E-state index in [2.05, 4.69) is 15.5 Å². The third-order valence-corrected chi connectivity index (χ3v) is 5.93. The van der Waals surface area contributed by atoms with Gasteiger partial charge in [0.15, 0.2) is 11.5 Å². The van der Waals surface area contributed by atoms with Gasteiger partial charge in [0.05, 0.1) is 19.9 Å². The van der Waals surface area contributed by atoms with Gasteiger partial charge in [0.25, 0.3) is 5.91 Å². The van der Waals surface area contributed by atoms with Gasteiger partial charge in [0.2, 0.25) is 0 Å². The van der Waals surface area contributed by atoms with Gasteiger partial charge in [-0.05, 0) is 78.4 Å². The van der Waals surface area contributed by atoms with Crippen LogP contribution in [-0.4, -0.2) is 35.1 Å². The molecule has 5 aromatic rings. The Bertz CT molecular complexity index is 1550. The summed E-state index contributed by atoms with van der Waals surface area (Å²) >= 11 is 5.94. The number of halogens is 1.